The summed E-state index contributed by atoms with van der Waals surface area (Å²) in [4.78, 5) is 13.9. The Labute approximate surface area is 175 Å². The zero-order valence-corrected chi connectivity index (χ0v) is 18.4. The number of hydrogen-bond acceptors (Lipinski definition) is 7. The molecular formula is C22H27N3O3S. The molecule has 0 N–H and O–H groups in total. The molecule has 0 saturated heterocycles. The Bertz CT molecular complexity index is 1030. The van der Waals surface area contributed by atoms with E-state index in [1.165, 1.54) is 22.2 Å². The van der Waals surface area contributed by atoms with Crippen LogP contribution in [0.1, 0.15) is 29.3 Å². The van der Waals surface area contributed by atoms with E-state index in [9.17, 15) is 0 Å². The van der Waals surface area contributed by atoms with E-state index in [2.05, 4.69) is 28.8 Å². The molecule has 7 heteroatoms. The van der Waals surface area contributed by atoms with Gasteiger partial charge in [-0.15, -0.1) is 11.3 Å². The van der Waals surface area contributed by atoms with Crippen molar-refractivity contribution < 1.29 is 14.2 Å². The van der Waals surface area contributed by atoms with Crippen LogP contribution in [0.2, 0.25) is 0 Å². The van der Waals surface area contributed by atoms with Crippen molar-refractivity contribution in [3.8, 4) is 17.2 Å². The molecular weight excluding hydrogens is 386 g/mol. The monoisotopic (exact) mass is 413 g/mol. The Hall–Kier alpha value is -2.54. The Morgan fingerprint density at radius 2 is 1.90 bits per heavy atom. The molecule has 0 radical (unpaired) electrons. The minimum atomic E-state index is 0.607. The molecule has 154 valence electrons. The van der Waals surface area contributed by atoms with Gasteiger partial charge >= 0.3 is 0 Å². The zero-order chi connectivity index (χ0) is 20.5. The van der Waals surface area contributed by atoms with Gasteiger partial charge in [0.15, 0.2) is 11.5 Å². The second-order valence-electron chi connectivity index (χ2n) is 7.58. The van der Waals surface area contributed by atoms with Crippen LogP contribution in [-0.4, -0.2) is 38.3 Å². The molecule has 2 heterocycles. The number of rotatable bonds is 6. The average Bonchev–Trinajstić information content (AvgIpc) is 3.10. The van der Waals surface area contributed by atoms with Crippen molar-refractivity contribution in [1.82, 2.24) is 9.97 Å². The van der Waals surface area contributed by atoms with Crippen molar-refractivity contribution >= 4 is 27.4 Å². The molecule has 0 amide bonds. The number of anilines is 1. The molecule has 2 aromatic heterocycles. The molecule has 0 bridgehead atoms. The highest BCUT2D eigenvalue weighted by Crippen LogP contribution is 2.42. The molecule has 1 aromatic carbocycles. The maximum atomic E-state index is 5.66. The fourth-order valence-corrected chi connectivity index (χ4v) is 5.51. The molecule has 1 unspecified atom stereocenters. The quantitative estimate of drug-likeness (QED) is 0.594. The lowest BCUT2D eigenvalue weighted by Crippen LogP contribution is -2.19. The first-order chi connectivity index (χ1) is 14.1. The SMILES string of the molecule is COc1ccc(CN(C)c2ncnc3sc4c(c23)CCC(C)C4)c(OC)c1OC. The van der Waals surface area contributed by atoms with E-state index in [1.807, 2.05) is 23.5 Å². The van der Waals surface area contributed by atoms with Gasteiger partial charge in [0.25, 0.3) is 0 Å². The van der Waals surface area contributed by atoms with Crippen LogP contribution in [0.25, 0.3) is 10.2 Å². The summed E-state index contributed by atoms with van der Waals surface area (Å²) in [5.41, 5.74) is 2.45. The third kappa shape index (κ3) is 3.48. The standard InChI is InChI=1S/C22H27N3O3S/c1-13-6-8-15-17(10-13)29-22-18(15)21(23-12-24-22)25(2)11-14-7-9-16(26-3)20(28-5)19(14)27-4/h7,9,12-13H,6,8,10-11H2,1-5H3. The highest BCUT2D eigenvalue weighted by atomic mass is 32.1. The van der Waals surface area contributed by atoms with E-state index >= 15 is 0 Å². The molecule has 1 aliphatic rings. The van der Waals surface area contributed by atoms with Crippen LogP contribution in [-0.2, 0) is 19.4 Å². The Morgan fingerprint density at radius 3 is 2.62 bits per heavy atom. The first-order valence-corrected chi connectivity index (χ1v) is 10.6. The molecule has 3 aromatic rings. The van der Waals surface area contributed by atoms with Crippen molar-refractivity contribution in [2.45, 2.75) is 32.7 Å². The van der Waals surface area contributed by atoms with Crippen molar-refractivity contribution in [1.29, 1.82) is 0 Å². The third-order valence-corrected chi connectivity index (χ3v) is 6.79. The van der Waals surface area contributed by atoms with Gasteiger partial charge < -0.3 is 19.1 Å². The van der Waals surface area contributed by atoms with Gasteiger partial charge in [-0.1, -0.05) is 6.92 Å². The lowest BCUT2D eigenvalue weighted by Gasteiger charge is -2.23. The Morgan fingerprint density at radius 1 is 1.10 bits per heavy atom. The van der Waals surface area contributed by atoms with Crippen molar-refractivity contribution in [3.63, 3.8) is 0 Å². The van der Waals surface area contributed by atoms with Crippen molar-refractivity contribution in [2.75, 3.05) is 33.3 Å². The molecule has 0 fully saturated rings. The second kappa shape index (κ2) is 8.06. The summed E-state index contributed by atoms with van der Waals surface area (Å²) in [6.07, 6.45) is 5.14. The molecule has 1 aliphatic carbocycles. The summed E-state index contributed by atoms with van der Waals surface area (Å²) in [7, 11) is 6.97. The second-order valence-corrected chi connectivity index (χ2v) is 8.66. The van der Waals surface area contributed by atoms with Gasteiger partial charge in [0.2, 0.25) is 5.75 Å². The fourth-order valence-electron chi connectivity index (χ4n) is 4.17. The number of nitrogens with zero attached hydrogens (tertiary/aromatic N) is 3. The summed E-state index contributed by atoms with van der Waals surface area (Å²) in [5.74, 6) is 3.65. The van der Waals surface area contributed by atoms with Crippen molar-refractivity contribution in [3.05, 3.63) is 34.5 Å². The van der Waals surface area contributed by atoms with E-state index in [1.54, 1.807) is 27.7 Å². The number of benzene rings is 1. The largest absolute Gasteiger partial charge is 0.493 e. The zero-order valence-electron chi connectivity index (χ0n) is 17.6. The predicted molar refractivity (Wildman–Crippen MR) is 117 cm³/mol. The number of fused-ring (bicyclic) bond motifs is 3. The lowest BCUT2D eigenvalue weighted by atomic mass is 9.89. The molecule has 4 rings (SSSR count). The van der Waals surface area contributed by atoms with Crippen LogP contribution in [0.15, 0.2) is 18.5 Å². The minimum absolute atomic E-state index is 0.607. The molecule has 1 atom stereocenters. The molecule has 0 aliphatic heterocycles. The highest BCUT2D eigenvalue weighted by molar-refractivity contribution is 7.19. The maximum absolute atomic E-state index is 5.66. The maximum Gasteiger partial charge on any atom is 0.203 e. The minimum Gasteiger partial charge on any atom is -0.493 e. The average molecular weight is 414 g/mol. The fraction of sp³-hybridized carbons (Fsp3) is 0.455. The van der Waals surface area contributed by atoms with Gasteiger partial charge in [0.1, 0.15) is 17.0 Å². The summed E-state index contributed by atoms with van der Waals surface area (Å²) in [5, 5.41) is 1.21. The van der Waals surface area contributed by atoms with Gasteiger partial charge in [-0.2, -0.15) is 0 Å². The van der Waals surface area contributed by atoms with E-state index < -0.39 is 0 Å². The van der Waals surface area contributed by atoms with Crippen LogP contribution in [0.5, 0.6) is 17.2 Å². The molecule has 0 saturated carbocycles. The van der Waals surface area contributed by atoms with E-state index in [-0.39, 0.29) is 0 Å². The van der Waals surface area contributed by atoms with Crippen LogP contribution in [0.4, 0.5) is 5.82 Å². The van der Waals surface area contributed by atoms with E-state index in [0.29, 0.717) is 23.8 Å². The number of aromatic nitrogens is 2. The Kier molecular flexibility index (Phi) is 5.50. The predicted octanol–water partition coefficient (Wildman–Crippen LogP) is 4.48. The highest BCUT2D eigenvalue weighted by Gasteiger charge is 2.25. The number of hydrogen-bond donors (Lipinski definition) is 0. The van der Waals surface area contributed by atoms with E-state index in [0.717, 1.165) is 35.0 Å². The first kappa shape index (κ1) is 19.8. The third-order valence-electron chi connectivity index (χ3n) is 5.63. The van der Waals surface area contributed by atoms with Crippen LogP contribution < -0.4 is 19.1 Å². The van der Waals surface area contributed by atoms with Gasteiger partial charge in [-0.05, 0) is 42.9 Å². The molecule has 6 nitrogen and oxygen atoms in total. The van der Waals surface area contributed by atoms with Gasteiger partial charge in [-0.25, -0.2) is 9.97 Å². The first-order valence-electron chi connectivity index (χ1n) is 9.81. The summed E-state index contributed by atoms with van der Waals surface area (Å²) >= 11 is 1.82. The Balaban J connectivity index is 1.73. The lowest BCUT2D eigenvalue weighted by molar-refractivity contribution is 0.322. The van der Waals surface area contributed by atoms with Gasteiger partial charge in [0, 0.05) is 24.0 Å². The van der Waals surface area contributed by atoms with Crippen LogP contribution in [0.3, 0.4) is 0 Å². The topological polar surface area (TPSA) is 56.7 Å². The number of methoxy groups -OCH3 is 3. The molecule has 0 spiro atoms. The van der Waals surface area contributed by atoms with Crippen LogP contribution in [0, 0.1) is 5.92 Å². The molecule has 29 heavy (non-hydrogen) atoms. The number of ether oxygens (including phenoxy) is 3. The number of aryl methyl sites for hydroxylation is 1. The van der Waals surface area contributed by atoms with Crippen molar-refractivity contribution in [2.24, 2.45) is 5.92 Å². The normalized spacial score (nSPS) is 15.8. The summed E-state index contributed by atoms with van der Waals surface area (Å²) in [6.45, 7) is 2.96. The summed E-state index contributed by atoms with van der Waals surface area (Å²) < 4.78 is 16.6. The van der Waals surface area contributed by atoms with Crippen LogP contribution >= 0.6 is 11.3 Å². The van der Waals surface area contributed by atoms with E-state index in [4.69, 9.17) is 14.2 Å². The smallest absolute Gasteiger partial charge is 0.203 e. The van der Waals surface area contributed by atoms with Gasteiger partial charge in [-0.3, -0.25) is 0 Å². The van der Waals surface area contributed by atoms with Gasteiger partial charge in [0.05, 0.1) is 26.7 Å². The number of thiophene rings is 1. The summed E-state index contributed by atoms with van der Waals surface area (Å²) in [6, 6.07) is 3.92.